The molecule has 2 aromatic heterocycles. The fourth-order valence-corrected chi connectivity index (χ4v) is 2.88. The molecule has 1 aliphatic heterocycles. The normalized spacial score (nSPS) is 16.6. The molecular weight excluding hydrogens is 322 g/mol. The minimum atomic E-state index is -0.0201. The number of hydrogen-bond donors (Lipinski definition) is 0. The molecule has 0 aliphatic carbocycles. The molecule has 0 spiro atoms. The summed E-state index contributed by atoms with van der Waals surface area (Å²) < 4.78 is 7.88. The monoisotopic (exact) mass is 337 g/mol. The quantitative estimate of drug-likeness (QED) is 0.865. The summed E-state index contributed by atoms with van der Waals surface area (Å²) in [6.07, 6.45) is 5.80. The summed E-state index contributed by atoms with van der Waals surface area (Å²) in [5, 5.41) is 4.23. The molecule has 3 heterocycles. The molecule has 5 nitrogen and oxygen atoms in total. The fraction of sp³-hybridized carbons (Fsp3) is 0.429. The molecular formula is C14H16BrN3O2. The van der Waals surface area contributed by atoms with Crippen LogP contribution in [0.1, 0.15) is 23.4 Å². The molecule has 20 heavy (non-hydrogen) atoms. The van der Waals surface area contributed by atoms with Crippen LogP contribution in [0.25, 0.3) is 0 Å². The lowest BCUT2D eigenvalue weighted by atomic mass is 9.96. The lowest BCUT2D eigenvalue weighted by Gasteiger charge is -2.31. The Morgan fingerprint density at radius 3 is 2.80 bits per heavy atom. The van der Waals surface area contributed by atoms with Crippen LogP contribution in [0.5, 0.6) is 0 Å². The van der Waals surface area contributed by atoms with Crippen LogP contribution in [-0.2, 0) is 6.54 Å². The maximum absolute atomic E-state index is 12.2. The number of carbonyl (C=O) groups excluding carboxylic acids is 1. The summed E-state index contributed by atoms with van der Waals surface area (Å²) in [6, 6.07) is 5.40. The minimum Gasteiger partial charge on any atom is -0.444 e. The van der Waals surface area contributed by atoms with Crippen molar-refractivity contribution in [1.29, 1.82) is 0 Å². The van der Waals surface area contributed by atoms with Crippen molar-refractivity contribution in [3.8, 4) is 0 Å². The second-order valence-corrected chi connectivity index (χ2v) is 5.85. The van der Waals surface area contributed by atoms with Gasteiger partial charge in [-0.3, -0.25) is 9.48 Å². The fourth-order valence-electron chi connectivity index (χ4n) is 2.58. The highest BCUT2D eigenvalue weighted by molar-refractivity contribution is 9.10. The summed E-state index contributed by atoms with van der Waals surface area (Å²) in [6.45, 7) is 2.49. The molecule has 0 radical (unpaired) electrons. The molecule has 0 atom stereocenters. The average molecular weight is 338 g/mol. The van der Waals surface area contributed by atoms with E-state index in [-0.39, 0.29) is 5.91 Å². The Morgan fingerprint density at radius 1 is 1.40 bits per heavy atom. The smallest absolute Gasteiger partial charge is 0.289 e. The van der Waals surface area contributed by atoms with Crippen LogP contribution in [0.2, 0.25) is 0 Å². The predicted molar refractivity (Wildman–Crippen MR) is 77.3 cm³/mol. The van der Waals surface area contributed by atoms with Gasteiger partial charge in [-0.25, -0.2) is 0 Å². The maximum Gasteiger partial charge on any atom is 0.289 e. The van der Waals surface area contributed by atoms with E-state index in [1.807, 2.05) is 21.8 Å². The van der Waals surface area contributed by atoms with Gasteiger partial charge in [-0.1, -0.05) is 0 Å². The molecule has 1 aliphatic rings. The van der Waals surface area contributed by atoms with Crippen molar-refractivity contribution in [2.75, 3.05) is 13.1 Å². The molecule has 6 heteroatoms. The van der Waals surface area contributed by atoms with Gasteiger partial charge in [0.2, 0.25) is 0 Å². The first-order valence-electron chi connectivity index (χ1n) is 6.74. The van der Waals surface area contributed by atoms with Crippen LogP contribution in [0.15, 0.2) is 39.7 Å². The minimum absolute atomic E-state index is 0.0201. The lowest BCUT2D eigenvalue weighted by Crippen LogP contribution is -2.39. The zero-order chi connectivity index (χ0) is 13.9. The standard InChI is InChI=1S/C14H16BrN3O2/c15-13-3-2-12(20-13)14(19)17-8-4-11(5-9-17)10-18-7-1-6-16-18/h1-3,6-7,11H,4-5,8-10H2. The molecule has 0 N–H and O–H groups in total. The summed E-state index contributed by atoms with van der Waals surface area (Å²) in [5.41, 5.74) is 0. The zero-order valence-electron chi connectivity index (χ0n) is 11.0. The first kappa shape index (κ1) is 13.4. The number of amides is 1. The number of halogens is 1. The average Bonchev–Trinajstić information content (AvgIpc) is 3.10. The molecule has 2 aromatic rings. The SMILES string of the molecule is O=C(c1ccc(Br)o1)N1CCC(Cn2cccn2)CC1. The first-order valence-corrected chi connectivity index (χ1v) is 7.54. The second-order valence-electron chi connectivity index (χ2n) is 5.07. The van der Waals surface area contributed by atoms with Gasteiger partial charge in [-0.05, 0) is 52.9 Å². The number of piperidine rings is 1. The van der Waals surface area contributed by atoms with Crippen molar-refractivity contribution in [3.05, 3.63) is 41.0 Å². The van der Waals surface area contributed by atoms with Crippen LogP contribution in [0.3, 0.4) is 0 Å². The van der Waals surface area contributed by atoms with Crippen LogP contribution < -0.4 is 0 Å². The number of aromatic nitrogens is 2. The van der Waals surface area contributed by atoms with Gasteiger partial charge in [-0.15, -0.1) is 0 Å². The molecule has 1 amide bonds. The predicted octanol–water partition coefficient (Wildman–Crippen LogP) is 2.79. The van der Waals surface area contributed by atoms with Crippen LogP contribution in [0, 0.1) is 5.92 Å². The molecule has 1 saturated heterocycles. The summed E-state index contributed by atoms with van der Waals surface area (Å²) in [5.74, 6) is 0.970. The molecule has 0 bridgehead atoms. The Hall–Kier alpha value is -1.56. The van der Waals surface area contributed by atoms with E-state index in [2.05, 4.69) is 21.0 Å². The van der Waals surface area contributed by atoms with Gasteiger partial charge in [0.1, 0.15) is 0 Å². The molecule has 3 rings (SSSR count). The van der Waals surface area contributed by atoms with E-state index in [0.717, 1.165) is 32.5 Å². The topological polar surface area (TPSA) is 51.3 Å². The highest BCUT2D eigenvalue weighted by Crippen LogP contribution is 2.22. The van der Waals surface area contributed by atoms with Crippen molar-refractivity contribution in [1.82, 2.24) is 14.7 Å². The Morgan fingerprint density at radius 2 is 2.20 bits per heavy atom. The van der Waals surface area contributed by atoms with E-state index >= 15 is 0 Å². The van der Waals surface area contributed by atoms with Gasteiger partial charge in [0.05, 0.1) is 0 Å². The third-order valence-electron chi connectivity index (χ3n) is 3.69. The molecule has 0 unspecified atom stereocenters. The van der Waals surface area contributed by atoms with E-state index in [0.29, 0.717) is 16.3 Å². The number of hydrogen-bond acceptors (Lipinski definition) is 3. The van der Waals surface area contributed by atoms with Crippen molar-refractivity contribution in [2.45, 2.75) is 19.4 Å². The Kier molecular flexibility index (Phi) is 3.91. The van der Waals surface area contributed by atoms with Crippen molar-refractivity contribution in [3.63, 3.8) is 0 Å². The van der Waals surface area contributed by atoms with Gasteiger partial charge >= 0.3 is 0 Å². The van der Waals surface area contributed by atoms with Gasteiger partial charge in [0, 0.05) is 32.0 Å². The third-order valence-corrected chi connectivity index (χ3v) is 4.12. The summed E-state index contributed by atoms with van der Waals surface area (Å²) in [4.78, 5) is 14.1. The summed E-state index contributed by atoms with van der Waals surface area (Å²) >= 11 is 3.22. The van der Waals surface area contributed by atoms with Crippen LogP contribution in [-0.4, -0.2) is 33.7 Å². The van der Waals surface area contributed by atoms with Crippen molar-refractivity contribution >= 4 is 21.8 Å². The molecule has 106 valence electrons. The first-order chi connectivity index (χ1) is 9.72. The maximum atomic E-state index is 12.2. The highest BCUT2D eigenvalue weighted by atomic mass is 79.9. The largest absolute Gasteiger partial charge is 0.444 e. The van der Waals surface area contributed by atoms with E-state index in [9.17, 15) is 4.79 Å². The van der Waals surface area contributed by atoms with Crippen LogP contribution in [0.4, 0.5) is 0 Å². The number of nitrogens with zero attached hydrogens (tertiary/aromatic N) is 3. The molecule has 0 saturated carbocycles. The number of carbonyl (C=O) groups is 1. The van der Waals surface area contributed by atoms with Gasteiger partial charge in [0.25, 0.3) is 5.91 Å². The van der Waals surface area contributed by atoms with E-state index in [1.54, 1.807) is 18.3 Å². The second kappa shape index (κ2) is 5.83. The third kappa shape index (κ3) is 2.95. The van der Waals surface area contributed by atoms with E-state index in [4.69, 9.17) is 4.42 Å². The van der Waals surface area contributed by atoms with Crippen molar-refractivity contribution in [2.24, 2.45) is 5.92 Å². The Bertz CT molecular complexity index is 571. The lowest BCUT2D eigenvalue weighted by molar-refractivity contribution is 0.0648. The number of likely N-dealkylation sites (tertiary alicyclic amines) is 1. The van der Waals surface area contributed by atoms with Gasteiger partial charge in [-0.2, -0.15) is 5.10 Å². The van der Waals surface area contributed by atoms with E-state index < -0.39 is 0 Å². The van der Waals surface area contributed by atoms with Crippen molar-refractivity contribution < 1.29 is 9.21 Å². The number of furan rings is 1. The zero-order valence-corrected chi connectivity index (χ0v) is 12.6. The van der Waals surface area contributed by atoms with Gasteiger partial charge < -0.3 is 9.32 Å². The number of rotatable bonds is 3. The Labute approximate surface area is 125 Å². The highest BCUT2D eigenvalue weighted by Gasteiger charge is 2.25. The van der Waals surface area contributed by atoms with Crippen LogP contribution >= 0.6 is 15.9 Å². The van der Waals surface area contributed by atoms with E-state index in [1.165, 1.54) is 0 Å². The summed E-state index contributed by atoms with van der Waals surface area (Å²) in [7, 11) is 0. The molecule has 1 fully saturated rings. The molecule has 0 aromatic carbocycles. The Balaban J connectivity index is 1.54. The van der Waals surface area contributed by atoms with Gasteiger partial charge in [0.15, 0.2) is 10.4 Å².